The zero-order valence-electron chi connectivity index (χ0n) is 12.9. The first-order chi connectivity index (χ1) is 11.1. The number of hydrogen-bond acceptors (Lipinski definition) is 4. The molecule has 1 atom stereocenters. The van der Waals surface area contributed by atoms with E-state index < -0.39 is 0 Å². The van der Waals surface area contributed by atoms with Gasteiger partial charge in [-0.3, -0.25) is 10.5 Å². The van der Waals surface area contributed by atoms with Crippen molar-refractivity contribution in [3.8, 4) is 0 Å². The molecular weight excluding hydrogens is 335 g/mol. The number of methoxy groups -OCH3 is 1. The molecule has 2 rings (SSSR count). The van der Waals surface area contributed by atoms with Gasteiger partial charge in [0.05, 0.1) is 10.7 Å². The van der Waals surface area contributed by atoms with Crippen LogP contribution in [-0.4, -0.2) is 18.4 Å². The highest BCUT2D eigenvalue weighted by molar-refractivity contribution is 6.35. The topological polar surface area (TPSA) is 43.4 Å². The minimum atomic E-state index is -0.363. The fraction of sp³-hybridized carbons (Fsp3) is 0.235. The number of nitrogens with one attached hydrogen (secondary N) is 1. The van der Waals surface area contributed by atoms with Crippen LogP contribution in [0.15, 0.2) is 42.7 Å². The number of hydrogen-bond donors (Lipinski definition) is 1. The minimum absolute atomic E-state index is 0.363. The van der Waals surface area contributed by atoms with Gasteiger partial charge in [0.25, 0.3) is 0 Å². The molecule has 23 heavy (non-hydrogen) atoms. The first-order valence-electron chi connectivity index (χ1n) is 7.15. The third kappa shape index (κ3) is 5.22. The van der Waals surface area contributed by atoms with E-state index in [4.69, 9.17) is 32.8 Å². The summed E-state index contributed by atoms with van der Waals surface area (Å²) >= 11 is 12.3. The standard InChI is InChI=1S/C17H18Cl2N2O2/c1-3-17(22-2)23-21-16(9-12-5-4-8-20-11-12)14-7-6-13(18)10-15(14)19/h4-11,17,21H,3H2,1-2H3. The molecule has 1 heterocycles. The van der Waals surface area contributed by atoms with Crippen LogP contribution in [0.25, 0.3) is 11.8 Å². The highest BCUT2D eigenvalue weighted by Gasteiger charge is 2.11. The van der Waals surface area contributed by atoms with Gasteiger partial charge in [-0.05, 0) is 42.3 Å². The minimum Gasteiger partial charge on any atom is -0.354 e. The maximum absolute atomic E-state index is 6.31. The van der Waals surface area contributed by atoms with Crippen LogP contribution in [-0.2, 0) is 9.57 Å². The van der Waals surface area contributed by atoms with Gasteiger partial charge in [-0.15, -0.1) is 0 Å². The van der Waals surface area contributed by atoms with E-state index in [1.165, 1.54) is 0 Å². The van der Waals surface area contributed by atoms with Gasteiger partial charge in [-0.2, -0.15) is 0 Å². The van der Waals surface area contributed by atoms with Crippen LogP contribution in [0.2, 0.25) is 10.0 Å². The van der Waals surface area contributed by atoms with Crippen molar-refractivity contribution in [2.45, 2.75) is 19.6 Å². The lowest BCUT2D eigenvalue weighted by molar-refractivity contribution is -0.151. The number of halogens is 2. The lowest BCUT2D eigenvalue weighted by Crippen LogP contribution is -2.24. The molecule has 0 aliphatic carbocycles. The summed E-state index contributed by atoms with van der Waals surface area (Å²) in [5.41, 5.74) is 5.30. The van der Waals surface area contributed by atoms with Crippen LogP contribution in [0.5, 0.6) is 0 Å². The molecule has 2 aromatic rings. The average Bonchev–Trinajstić information content (AvgIpc) is 2.56. The van der Waals surface area contributed by atoms with E-state index in [9.17, 15) is 0 Å². The highest BCUT2D eigenvalue weighted by atomic mass is 35.5. The molecule has 0 saturated heterocycles. The van der Waals surface area contributed by atoms with Crippen LogP contribution in [0, 0.1) is 0 Å². The Kier molecular flexibility index (Phi) is 6.86. The van der Waals surface area contributed by atoms with E-state index >= 15 is 0 Å². The van der Waals surface area contributed by atoms with Crippen molar-refractivity contribution in [3.05, 3.63) is 63.9 Å². The maximum Gasteiger partial charge on any atom is 0.182 e. The quantitative estimate of drug-likeness (QED) is 0.574. The number of hydroxylamine groups is 1. The van der Waals surface area contributed by atoms with E-state index in [0.29, 0.717) is 22.2 Å². The van der Waals surface area contributed by atoms with E-state index in [2.05, 4.69) is 10.5 Å². The van der Waals surface area contributed by atoms with Crippen LogP contribution in [0.1, 0.15) is 24.5 Å². The molecule has 0 aliphatic heterocycles. The molecule has 0 aliphatic rings. The number of ether oxygens (including phenoxy) is 1. The van der Waals surface area contributed by atoms with Crippen LogP contribution >= 0.6 is 23.2 Å². The summed E-state index contributed by atoms with van der Waals surface area (Å²) in [4.78, 5) is 9.67. The molecule has 0 amide bonds. The lowest BCUT2D eigenvalue weighted by Gasteiger charge is -2.18. The second-order valence-corrected chi connectivity index (χ2v) is 5.61. The van der Waals surface area contributed by atoms with Crippen LogP contribution in [0.4, 0.5) is 0 Å². The van der Waals surface area contributed by atoms with Crippen molar-refractivity contribution in [3.63, 3.8) is 0 Å². The summed E-state index contributed by atoms with van der Waals surface area (Å²) in [6.45, 7) is 1.97. The third-order valence-corrected chi connectivity index (χ3v) is 3.66. The van der Waals surface area contributed by atoms with Crippen LogP contribution in [0.3, 0.4) is 0 Å². The fourth-order valence-electron chi connectivity index (χ4n) is 1.93. The number of pyridine rings is 1. The van der Waals surface area contributed by atoms with Crippen molar-refractivity contribution in [2.75, 3.05) is 7.11 Å². The van der Waals surface area contributed by atoms with E-state index in [-0.39, 0.29) is 6.29 Å². The Hall–Kier alpha value is -1.59. The molecule has 1 N–H and O–H groups in total. The molecule has 0 bridgehead atoms. The average molecular weight is 353 g/mol. The van der Waals surface area contributed by atoms with Gasteiger partial charge < -0.3 is 4.74 Å². The predicted molar refractivity (Wildman–Crippen MR) is 93.9 cm³/mol. The van der Waals surface area contributed by atoms with Crippen molar-refractivity contribution in [2.24, 2.45) is 0 Å². The monoisotopic (exact) mass is 352 g/mol. The summed E-state index contributed by atoms with van der Waals surface area (Å²) < 4.78 is 5.21. The van der Waals surface area contributed by atoms with Gasteiger partial charge in [0.15, 0.2) is 6.29 Å². The number of nitrogens with zero attached hydrogens (tertiary/aromatic N) is 1. The molecule has 0 radical (unpaired) electrons. The Morgan fingerprint density at radius 3 is 2.78 bits per heavy atom. The molecule has 1 aromatic carbocycles. The summed E-state index contributed by atoms with van der Waals surface area (Å²) in [5.74, 6) is 0. The fourth-order valence-corrected chi connectivity index (χ4v) is 2.44. The Bertz CT molecular complexity index is 659. The Morgan fingerprint density at radius 1 is 1.35 bits per heavy atom. The molecule has 0 spiro atoms. The van der Waals surface area contributed by atoms with Crippen molar-refractivity contribution in [1.82, 2.24) is 10.5 Å². The Balaban J connectivity index is 2.33. The van der Waals surface area contributed by atoms with Gasteiger partial charge in [-0.1, -0.05) is 36.2 Å². The number of benzene rings is 1. The molecule has 0 fully saturated rings. The van der Waals surface area contributed by atoms with Gasteiger partial charge in [0, 0.05) is 30.1 Å². The summed E-state index contributed by atoms with van der Waals surface area (Å²) in [5, 5.41) is 1.10. The third-order valence-electron chi connectivity index (χ3n) is 3.11. The maximum atomic E-state index is 6.31. The van der Waals surface area contributed by atoms with Gasteiger partial charge >= 0.3 is 0 Å². The van der Waals surface area contributed by atoms with E-state index in [1.807, 2.05) is 31.2 Å². The number of rotatable bonds is 7. The SMILES string of the molecule is CCC(OC)ONC(=Cc1cccnc1)c1ccc(Cl)cc1Cl. The lowest BCUT2D eigenvalue weighted by atomic mass is 10.1. The smallest absolute Gasteiger partial charge is 0.182 e. The van der Waals surface area contributed by atoms with Gasteiger partial charge in [-0.25, -0.2) is 4.84 Å². The predicted octanol–water partition coefficient (Wildman–Crippen LogP) is 4.79. The molecule has 4 nitrogen and oxygen atoms in total. The summed E-state index contributed by atoms with van der Waals surface area (Å²) in [6, 6.07) is 9.08. The highest BCUT2D eigenvalue weighted by Crippen LogP contribution is 2.27. The molecule has 1 aromatic heterocycles. The van der Waals surface area contributed by atoms with Crippen LogP contribution < -0.4 is 5.48 Å². The second-order valence-electron chi connectivity index (χ2n) is 4.76. The Labute approximate surface area is 146 Å². The molecule has 6 heteroatoms. The van der Waals surface area contributed by atoms with Gasteiger partial charge in [0.2, 0.25) is 0 Å². The van der Waals surface area contributed by atoms with Crippen molar-refractivity contribution < 1.29 is 9.57 Å². The first kappa shape index (κ1) is 17.8. The number of aromatic nitrogens is 1. The molecule has 122 valence electrons. The normalized spacial score (nSPS) is 13.0. The van der Waals surface area contributed by atoms with Gasteiger partial charge in [0.1, 0.15) is 0 Å². The summed E-state index contributed by atoms with van der Waals surface area (Å²) in [7, 11) is 1.59. The van der Waals surface area contributed by atoms with E-state index in [0.717, 1.165) is 11.1 Å². The molecule has 1 unspecified atom stereocenters. The van der Waals surface area contributed by atoms with Crippen molar-refractivity contribution >= 4 is 35.0 Å². The zero-order valence-corrected chi connectivity index (χ0v) is 14.4. The Morgan fingerprint density at radius 2 is 2.17 bits per heavy atom. The first-order valence-corrected chi connectivity index (χ1v) is 7.91. The second kappa shape index (κ2) is 8.89. The zero-order chi connectivity index (χ0) is 16.7. The van der Waals surface area contributed by atoms with E-state index in [1.54, 1.807) is 31.6 Å². The summed E-state index contributed by atoms with van der Waals surface area (Å²) in [6.07, 6.45) is 5.70. The molecule has 0 saturated carbocycles. The largest absolute Gasteiger partial charge is 0.354 e. The molecular formula is C17H18Cl2N2O2. The van der Waals surface area contributed by atoms with Crippen molar-refractivity contribution in [1.29, 1.82) is 0 Å².